The van der Waals surface area contributed by atoms with E-state index >= 15 is 0 Å². The molecule has 1 aromatic heterocycles. The summed E-state index contributed by atoms with van der Waals surface area (Å²) in [5, 5.41) is 3.26. The molecule has 0 atom stereocenters. The van der Waals surface area contributed by atoms with Crippen LogP contribution in [0, 0.1) is 0 Å². The molecule has 7 heteroatoms. The molecule has 0 spiro atoms. The molecule has 1 amide bonds. The number of carbonyl (C=O) groups is 2. The maximum atomic E-state index is 11.8. The van der Waals surface area contributed by atoms with Crippen LogP contribution in [0.2, 0.25) is 0 Å². The summed E-state index contributed by atoms with van der Waals surface area (Å²) in [5.74, 6) is 0.132. The van der Waals surface area contributed by atoms with Crippen LogP contribution in [0.15, 0.2) is 30.5 Å². The molecule has 134 valence electrons. The van der Waals surface area contributed by atoms with Gasteiger partial charge in [-0.25, -0.2) is 9.59 Å². The number of hydrogen-bond donors (Lipinski definition) is 1. The van der Waals surface area contributed by atoms with E-state index in [4.69, 9.17) is 14.2 Å². The smallest absolute Gasteiger partial charge is 0.407 e. The van der Waals surface area contributed by atoms with Crippen LogP contribution in [0.5, 0.6) is 5.75 Å². The van der Waals surface area contributed by atoms with Crippen LogP contribution < -0.4 is 10.1 Å². The fourth-order valence-corrected chi connectivity index (χ4v) is 2.14. The first-order chi connectivity index (χ1) is 11.8. The fraction of sp³-hybridized carbons (Fsp3) is 0.389. The van der Waals surface area contributed by atoms with E-state index in [1.54, 1.807) is 51.2 Å². The number of nitrogens with zero attached hydrogens (tertiary/aromatic N) is 1. The van der Waals surface area contributed by atoms with E-state index in [0.717, 1.165) is 0 Å². The number of amides is 1. The van der Waals surface area contributed by atoms with Crippen molar-refractivity contribution in [2.45, 2.75) is 26.4 Å². The van der Waals surface area contributed by atoms with Crippen molar-refractivity contribution in [1.82, 2.24) is 10.3 Å². The highest BCUT2D eigenvalue weighted by Crippen LogP contribution is 2.23. The van der Waals surface area contributed by atoms with E-state index in [1.807, 2.05) is 0 Å². The van der Waals surface area contributed by atoms with Crippen LogP contribution in [0.1, 0.15) is 31.1 Å². The Hall–Kier alpha value is -2.83. The minimum absolute atomic E-state index is 0.262. The molecule has 0 saturated carbocycles. The van der Waals surface area contributed by atoms with Crippen molar-refractivity contribution in [3.63, 3.8) is 0 Å². The fourth-order valence-electron chi connectivity index (χ4n) is 2.14. The summed E-state index contributed by atoms with van der Waals surface area (Å²) < 4.78 is 15.5. The minimum atomic E-state index is -0.541. The Balaban J connectivity index is 1.98. The third-order valence-electron chi connectivity index (χ3n) is 3.16. The topological polar surface area (TPSA) is 86.8 Å². The zero-order chi connectivity index (χ0) is 18.4. The molecular formula is C18H22N2O5. The molecule has 2 aromatic rings. The monoisotopic (exact) mass is 346 g/mol. The maximum Gasteiger partial charge on any atom is 0.407 e. The summed E-state index contributed by atoms with van der Waals surface area (Å²) in [4.78, 5) is 27.6. The summed E-state index contributed by atoms with van der Waals surface area (Å²) in [5.41, 5.74) is 0.549. The number of nitrogens with one attached hydrogen (secondary N) is 1. The van der Waals surface area contributed by atoms with E-state index in [-0.39, 0.29) is 6.61 Å². The third kappa shape index (κ3) is 5.34. The first kappa shape index (κ1) is 18.5. The zero-order valence-corrected chi connectivity index (χ0v) is 14.8. The molecule has 0 aliphatic carbocycles. The molecule has 25 heavy (non-hydrogen) atoms. The molecule has 0 radical (unpaired) electrons. The average molecular weight is 346 g/mol. The van der Waals surface area contributed by atoms with E-state index in [0.29, 0.717) is 28.8 Å². The highest BCUT2D eigenvalue weighted by molar-refractivity contribution is 6.03. The molecule has 0 aliphatic rings. The van der Waals surface area contributed by atoms with Crippen molar-refractivity contribution >= 4 is 23.0 Å². The molecule has 1 N–H and O–H groups in total. The molecular weight excluding hydrogens is 324 g/mol. The molecule has 0 fully saturated rings. The lowest BCUT2D eigenvalue weighted by Gasteiger charge is -2.19. The Morgan fingerprint density at radius 1 is 1.20 bits per heavy atom. The van der Waals surface area contributed by atoms with Gasteiger partial charge in [0.25, 0.3) is 0 Å². The van der Waals surface area contributed by atoms with E-state index in [1.165, 1.54) is 7.11 Å². The zero-order valence-electron chi connectivity index (χ0n) is 14.8. The van der Waals surface area contributed by atoms with Gasteiger partial charge in [-0.3, -0.25) is 4.98 Å². The number of fused-ring (bicyclic) bond motifs is 1. The van der Waals surface area contributed by atoms with Gasteiger partial charge in [-0.05, 0) is 45.0 Å². The largest absolute Gasteiger partial charge is 0.492 e. The number of methoxy groups -OCH3 is 1. The molecule has 0 bridgehead atoms. The van der Waals surface area contributed by atoms with E-state index < -0.39 is 17.7 Å². The van der Waals surface area contributed by atoms with Crippen LogP contribution >= 0.6 is 0 Å². The lowest BCUT2D eigenvalue weighted by molar-refractivity contribution is 0.0519. The van der Waals surface area contributed by atoms with Crippen LogP contribution in [0.4, 0.5) is 4.79 Å². The Kier molecular flexibility index (Phi) is 5.80. The molecule has 1 aromatic carbocycles. The van der Waals surface area contributed by atoms with Gasteiger partial charge in [0, 0.05) is 11.6 Å². The van der Waals surface area contributed by atoms with Gasteiger partial charge in [0.05, 0.1) is 24.7 Å². The van der Waals surface area contributed by atoms with Gasteiger partial charge >= 0.3 is 12.1 Å². The average Bonchev–Trinajstić information content (AvgIpc) is 2.55. The summed E-state index contributed by atoms with van der Waals surface area (Å²) in [6.45, 7) is 5.95. The van der Waals surface area contributed by atoms with Crippen molar-refractivity contribution in [3.8, 4) is 5.75 Å². The SMILES string of the molecule is COC(=O)c1ccnc2ccc(OCCNC(=O)OC(C)(C)C)cc12. The predicted octanol–water partition coefficient (Wildman–Crippen LogP) is 2.92. The van der Waals surface area contributed by atoms with Crippen LogP contribution in [0.3, 0.4) is 0 Å². The first-order valence-electron chi connectivity index (χ1n) is 7.87. The first-order valence-corrected chi connectivity index (χ1v) is 7.87. The van der Waals surface area contributed by atoms with Crippen molar-refractivity contribution in [2.75, 3.05) is 20.3 Å². The second-order valence-corrected chi connectivity index (χ2v) is 6.31. The summed E-state index contributed by atoms with van der Waals surface area (Å²) in [6, 6.07) is 6.84. The Labute approximate surface area is 146 Å². The highest BCUT2D eigenvalue weighted by Gasteiger charge is 2.15. The Bertz CT molecular complexity index is 768. The number of carbonyl (C=O) groups excluding carboxylic acids is 2. The standard InChI is InChI=1S/C18H22N2O5/c1-18(2,3)25-17(22)20-9-10-24-12-5-6-15-14(11-12)13(7-8-19-15)16(21)23-4/h5-8,11H,9-10H2,1-4H3,(H,20,22). The van der Waals surface area contributed by atoms with E-state index in [9.17, 15) is 9.59 Å². The van der Waals surface area contributed by atoms with Gasteiger partial charge in [0.2, 0.25) is 0 Å². The van der Waals surface area contributed by atoms with Gasteiger partial charge in [-0.2, -0.15) is 0 Å². The number of hydrogen-bond acceptors (Lipinski definition) is 6. The molecule has 7 nitrogen and oxygen atoms in total. The number of ether oxygens (including phenoxy) is 3. The number of rotatable bonds is 5. The molecule has 2 rings (SSSR count). The second-order valence-electron chi connectivity index (χ2n) is 6.31. The lowest BCUT2D eigenvalue weighted by Crippen LogP contribution is -2.34. The molecule has 0 aliphatic heterocycles. The Morgan fingerprint density at radius 3 is 2.64 bits per heavy atom. The highest BCUT2D eigenvalue weighted by atomic mass is 16.6. The number of aromatic nitrogens is 1. The van der Waals surface area contributed by atoms with Crippen molar-refractivity contribution in [1.29, 1.82) is 0 Å². The number of esters is 1. The number of pyridine rings is 1. The van der Waals surface area contributed by atoms with Crippen molar-refractivity contribution < 1.29 is 23.8 Å². The number of alkyl carbamates (subject to hydrolysis) is 1. The summed E-state index contributed by atoms with van der Waals surface area (Å²) >= 11 is 0. The molecule has 0 saturated heterocycles. The normalized spacial score (nSPS) is 11.0. The summed E-state index contributed by atoms with van der Waals surface area (Å²) in [6.07, 6.45) is 1.06. The summed E-state index contributed by atoms with van der Waals surface area (Å²) in [7, 11) is 1.33. The quantitative estimate of drug-likeness (QED) is 0.662. The van der Waals surface area contributed by atoms with Gasteiger partial charge in [-0.15, -0.1) is 0 Å². The Morgan fingerprint density at radius 2 is 1.96 bits per heavy atom. The van der Waals surface area contributed by atoms with Crippen LogP contribution in [-0.2, 0) is 9.47 Å². The maximum absolute atomic E-state index is 11.8. The molecule has 1 heterocycles. The lowest BCUT2D eigenvalue weighted by atomic mass is 10.1. The minimum Gasteiger partial charge on any atom is -0.492 e. The second kappa shape index (κ2) is 7.83. The van der Waals surface area contributed by atoms with Gasteiger partial charge in [-0.1, -0.05) is 0 Å². The van der Waals surface area contributed by atoms with Crippen LogP contribution in [0.25, 0.3) is 10.9 Å². The predicted molar refractivity (Wildman–Crippen MR) is 92.8 cm³/mol. The van der Waals surface area contributed by atoms with Gasteiger partial charge < -0.3 is 19.5 Å². The third-order valence-corrected chi connectivity index (χ3v) is 3.16. The van der Waals surface area contributed by atoms with Crippen LogP contribution in [-0.4, -0.2) is 42.9 Å². The van der Waals surface area contributed by atoms with Crippen molar-refractivity contribution in [3.05, 3.63) is 36.0 Å². The number of benzene rings is 1. The van der Waals surface area contributed by atoms with Gasteiger partial charge in [0.1, 0.15) is 18.0 Å². The van der Waals surface area contributed by atoms with Crippen molar-refractivity contribution in [2.24, 2.45) is 0 Å². The van der Waals surface area contributed by atoms with E-state index in [2.05, 4.69) is 10.3 Å². The molecule has 0 unspecified atom stereocenters. The van der Waals surface area contributed by atoms with Gasteiger partial charge in [0.15, 0.2) is 0 Å².